The molecule has 3 rings (SSSR count). The number of hydrogen-bond donors (Lipinski definition) is 1. The first-order chi connectivity index (χ1) is 11.4. The molecular weight excluding hydrogens is 339 g/mol. The molecule has 0 aliphatic rings. The zero-order chi connectivity index (χ0) is 17.4. The quantitative estimate of drug-likeness (QED) is 0.549. The molecule has 1 aromatic heterocycles. The lowest BCUT2D eigenvalue weighted by Crippen LogP contribution is -2.12. The molecule has 0 atom stereocenters. The van der Waals surface area contributed by atoms with Gasteiger partial charge in [-0.1, -0.05) is 23.7 Å². The Hall–Kier alpha value is -2.93. The fourth-order valence-electron chi connectivity index (χ4n) is 2.34. The van der Waals surface area contributed by atoms with Gasteiger partial charge >= 0.3 is 5.69 Å². The number of fused-ring (bicyclic) bond motifs is 1. The summed E-state index contributed by atoms with van der Waals surface area (Å²) in [6, 6.07) is 8.22. The van der Waals surface area contributed by atoms with Crippen LogP contribution in [-0.4, -0.2) is 10.8 Å². The molecule has 0 fully saturated rings. The first-order valence-corrected chi connectivity index (χ1v) is 7.19. The van der Waals surface area contributed by atoms with Crippen molar-refractivity contribution in [1.29, 1.82) is 0 Å². The Morgan fingerprint density at radius 3 is 2.75 bits per heavy atom. The third kappa shape index (κ3) is 2.69. The van der Waals surface area contributed by atoms with Crippen LogP contribution < -0.4 is 5.32 Å². The highest BCUT2D eigenvalue weighted by Gasteiger charge is 2.21. The maximum atomic E-state index is 13.3. The second kappa shape index (κ2) is 5.93. The molecule has 0 spiro atoms. The fraction of sp³-hybridized carbons (Fsp3) is 0.0625. The van der Waals surface area contributed by atoms with Crippen LogP contribution in [0.4, 0.5) is 15.8 Å². The van der Waals surface area contributed by atoms with Crippen molar-refractivity contribution in [2.24, 2.45) is 0 Å². The number of rotatable bonds is 3. The van der Waals surface area contributed by atoms with E-state index in [2.05, 4.69) is 5.32 Å². The molecule has 1 heterocycles. The number of nitro benzene ring substituents is 1. The monoisotopic (exact) mass is 348 g/mol. The first kappa shape index (κ1) is 15.9. The number of nitrogens with one attached hydrogen (secondary N) is 1. The molecule has 0 unspecified atom stereocenters. The lowest BCUT2D eigenvalue weighted by molar-refractivity contribution is -0.387. The van der Waals surface area contributed by atoms with Crippen molar-refractivity contribution in [2.45, 2.75) is 6.92 Å². The van der Waals surface area contributed by atoms with Crippen molar-refractivity contribution >= 4 is 39.9 Å². The van der Waals surface area contributed by atoms with Crippen LogP contribution >= 0.6 is 11.6 Å². The highest BCUT2D eigenvalue weighted by Crippen LogP contribution is 2.31. The highest BCUT2D eigenvalue weighted by molar-refractivity contribution is 6.35. The summed E-state index contributed by atoms with van der Waals surface area (Å²) in [7, 11) is 0. The van der Waals surface area contributed by atoms with E-state index in [9.17, 15) is 19.3 Å². The number of anilines is 1. The zero-order valence-corrected chi connectivity index (χ0v) is 13.1. The van der Waals surface area contributed by atoms with Crippen molar-refractivity contribution in [3.63, 3.8) is 0 Å². The standard InChI is InChI=1S/C16H10ClFN2O4/c1-8-10-3-2-4-11(17)15(10)24-14(8)16(21)19-9-5-6-12(18)13(7-9)20(22)23/h2-7H,1H3,(H,19,21). The van der Waals surface area contributed by atoms with E-state index in [0.29, 0.717) is 21.6 Å². The minimum Gasteiger partial charge on any atom is -0.449 e. The van der Waals surface area contributed by atoms with E-state index in [1.165, 1.54) is 6.07 Å². The van der Waals surface area contributed by atoms with E-state index in [0.717, 1.165) is 12.1 Å². The molecule has 0 aliphatic carbocycles. The molecule has 6 nitrogen and oxygen atoms in total. The second-order valence-electron chi connectivity index (χ2n) is 5.05. The summed E-state index contributed by atoms with van der Waals surface area (Å²) in [4.78, 5) is 22.3. The Morgan fingerprint density at radius 2 is 2.08 bits per heavy atom. The van der Waals surface area contributed by atoms with Crippen LogP contribution in [0.2, 0.25) is 5.02 Å². The molecular formula is C16H10ClFN2O4. The molecule has 0 saturated carbocycles. The Bertz CT molecular complexity index is 984. The Balaban J connectivity index is 1.96. The molecule has 2 aromatic carbocycles. The van der Waals surface area contributed by atoms with Crippen LogP contribution in [0, 0.1) is 22.9 Å². The number of carbonyl (C=O) groups excluding carboxylic acids is 1. The summed E-state index contributed by atoms with van der Waals surface area (Å²) in [5.41, 5.74) is 0.324. The third-order valence-electron chi connectivity index (χ3n) is 3.52. The summed E-state index contributed by atoms with van der Waals surface area (Å²) in [5, 5.41) is 14.3. The fourth-order valence-corrected chi connectivity index (χ4v) is 2.56. The van der Waals surface area contributed by atoms with E-state index in [1.54, 1.807) is 25.1 Å². The van der Waals surface area contributed by atoms with Gasteiger partial charge in [-0.2, -0.15) is 4.39 Å². The van der Waals surface area contributed by atoms with E-state index < -0.39 is 22.3 Å². The predicted octanol–water partition coefficient (Wildman–Crippen LogP) is 4.69. The van der Waals surface area contributed by atoms with Gasteiger partial charge in [0.1, 0.15) is 0 Å². The SMILES string of the molecule is Cc1c(C(=O)Nc2ccc(F)c([N+](=O)[O-])c2)oc2c(Cl)cccc12. The summed E-state index contributed by atoms with van der Waals surface area (Å²) >= 11 is 6.04. The average molecular weight is 349 g/mol. The minimum absolute atomic E-state index is 0.0325. The molecule has 1 amide bonds. The number of amides is 1. The van der Waals surface area contributed by atoms with Gasteiger partial charge in [0.25, 0.3) is 5.91 Å². The summed E-state index contributed by atoms with van der Waals surface area (Å²) < 4.78 is 18.9. The largest absolute Gasteiger partial charge is 0.449 e. The predicted molar refractivity (Wildman–Crippen MR) is 87.0 cm³/mol. The second-order valence-corrected chi connectivity index (χ2v) is 5.46. The lowest BCUT2D eigenvalue weighted by Gasteiger charge is -2.04. The van der Waals surface area contributed by atoms with Gasteiger partial charge < -0.3 is 9.73 Å². The number of para-hydroxylation sites is 1. The number of benzene rings is 2. The van der Waals surface area contributed by atoms with Crippen LogP contribution in [0.1, 0.15) is 16.1 Å². The summed E-state index contributed by atoms with van der Waals surface area (Å²) in [6.45, 7) is 1.70. The van der Waals surface area contributed by atoms with Gasteiger partial charge in [-0.05, 0) is 25.1 Å². The molecule has 0 radical (unpaired) electrons. The topological polar surface area (TPSA) is 85.4 Å². The van der Waals surface area contributed by atoms with Gasteiger partial charge in [0.2, 0.25) is 5.82 Å². The van der Waals surface area contributed by atoms with Gasteiger partial charge in [-0.3, -0.25) is 14.9 Å². The van der Waals surface area contributed by atoms with Crippen molar-refractivity contribution in [2.75, 3.05) is 5.32 Å². The molecule has 24 heavy (non-hydrogen) atoms. The Morgan fingerprint density at radius 1 is 1.33 bits per heavy atom. The van der Waals surface area contributed by atoms with Crippen LogP contribution in [-0.2, 0) is 0 Å². The molecule has 0 saturated heterocycles. The Labute approximate surface area is 140 Å². The molecule has 0 bridgehead atoms. The van der Waals surface area contributed by atoms with Crippen LogP contribution in [0.25, 0.3) is 11.0 Å². The average Bonchev–Trinajstić information content (AvgIpc) is 2.88. The lowest BCUT2D eigenvalue weighted by atomic mass is 10.1. The van der Waals surface area contributed by atoms with Gasteiger partial charge in [-0.15, -0.1) is 0 Å². The summed E-state index contributed by atoms with van der Waals surface area (Å²) in [5.74, 6) is -1.56. The smallest absolute Gasteiger partial charge is 0.306 e. The molecule has 1 N–H and O–H groups in total. The van der Waals surface area contributed by atoms with Crippen LogP contribution in [0.15, 0.2) is 40.8 Å². The third-order valence-corrected chi connectivity index (χ3v) is 3.82. The molecule has 122 valence electrons. The van der Waals surface area contributed by atoms with E-state index in [4.69, 9.17) is 16.0 Å². The number of aryl methyl sites for hydroxylation is 1. The zero-order valence-electron chi connectivity index (χ0n) is 12.3. The van der Waals surface area contributed by atoms with Crippen molar-refractivity contribution < 1.29 is 18.5 Å². The van der Waals surface area contributed by atoms with Crippen LogP contribution in [0.3, 0.4) is 0 Å². The molecule has 8 heteroatoms. The molecule has 0 aliphatic heterocycles. The van der Waals surface area contributed by atoms with Gasteiger partial charge in [0, 0.05) is 22.7 Å². The first-order valence-electron chi connectivity index (χ1n) is 6.81. The van der Waals surface area contributed by atoms with E-state index >= 15 is 0 Å². The van der Waals surface area contributed by atoms with Crippen molar-refractivity contribution in [3.05, 3.63) is 68.7 Å². The maximum absolute atomic E-state index is 13.3. The number of halogens is 2. The van der Waals surface area contributed by atoms with Gasteiger partial charge in [-0.25, -0.2) is 0 Å². The number of hydrogen-bond acceptors (Lipinski definition) is 4. The van der Waals surface area contributed by atoms with Gasteiger partial charge in [0.15, 0.2) is 11.3 Å². The Kier molecular flexibility index (Phi) is 3.94. The minimum atomic E-state index is -0.982. The summed E-state index contributed by atoms with van der Waals surface area (Å²) in [6.07, 6.45) is 0. The van der Waals surface area contributed by atoms with E-state index in [-0.39, 0.29) is 11.4 Å². The van der Waals surface area contributed by atoms with Crippen molar-refractivity contribution in [1.82, 2.24) is 0 Å². The number of nitro groups is 1. The highest BCUT2D eigenvalue weighted by atomic mass is 35.5. The maximum Gasteiger partial charge on any atom is 0.306 e. The van der Waals surface area contributed by atoms with Gasteiger partial charge in [0.05, 0.1) is 9.95 Å². The number of carbonyl (C=O) groups is 1. The number of furan rings is 1. The van der Waals surface area contributed by atoms with E-state index in [1.807, 2.05) is 0 Å². The van der Waals surface area contributed by atoms with Crippen molar-refractivity contribution in [3.8, 4) is 0 Å². The normalized spacial score (nSPS) is 10.8. The van der Waals surface area contributed by atoms with Crippen LogP contribution in [0.5, 0.6) is 0 Å². The number of nitrogens with zero attached hydrogens (tertiary/aromatic N) is 1. The molecule has 3 aromatic rings.